The van der Waals surface area contributed by atoms with Crippen LogP contribution in [0.1, 0.15) is 50.8 Å². The van der Waals surface area contributed by atoms with Crippen molar-refractivity contribution in [1.82, 2.24) is 4.90 Å². The van der Waals surface area contributed by atoms with Gasteiger partial charge in [0.1, 0.15) is 0 Å². The Morgan fingerprint density at radius 3 is 2.64 bits per heavy atom. The largest absolute Gasteiger partial charge is 0.360 e. The first-order chi connectivity index (χ1) is 12.1. The average Bonchev–Trinajstić information content (AvgIpc) is 3.30. The maximum atomic E-state index is 2.67. The summed E-state index contributed by atoms with van der Waals surface area (Å²) in [6.07, 6.45) is 9.56. The molecule has 0 N–H and O–H groups in total. The first-order valence-electron chi connectivity index (χ1n) is 9.44. The van der Waals surface area contributed by atoms with Crippen LogP contribution in [0, 0.1) is 0 Å². The zero-order valence-electron chi connectivity index (χ0n) is 15.3. The normalized spacial score (nSPS) is 31.7. The SMILES string of the molecule is CCC12CC1(C)c1ccc(-c3ccccc3)cc1C1C=CC(C)=CN12. The third-order valence-corrected chi connectivity index (χ3v) is 6.88. The van der Waals surface area contributed by atoms with Crippen molar-refractivity contribution in [2.75, 3.05) is 0 Å². The Labute approximate surface area is 150 Å². The third kappa shape index (κ3) is 1.84. The second-order valence-corrected chi connectivity index (χ2v) is 8.15. The first-order valence-corrected chi connectivity index (χ1v) is 9.44. The lowest BCUT2D eigenvalue weighted by Crippen LogP contribution is -2.45. The van der Waals surface area contributed by atoms with Gasteiger partial charge in [0.05, 0.1) is 11.6 Å². The van der Waals surface area contributed by atoms with Crippen molar-refractivity contribution in [2.24, 2.45) is 0 Å². The number of rotatable bonds is 2. The first kappa shape index (κ1) is 15.0. The number of allylic oxidation sites excluding steroid dienone is 2. The van der Waals surface area contributed by atoms with Gasteiger partial charge in [-0.05, 0) is 53.7 Å². The average molecular weight is 327 g/mol. The molecule has 2 aromatic rings. The molecule has 1 aliphatic carbocycles. The second-order valence-electron chi connectivity index (χ2n) is 8.15. The molecule has 3 unspecified atom stereocenters. The highest BCUT2D eigenvalue weighted by atomic mass is 15.3. The Morgan fingerprint density at radius 1 is 1.08 bits per heavy atom. The molecule has 1 heteroatoms. The molecule has 1 saturated carbocycles. The van der Waals surface area contributed by atoms with Crippen LogP contribution < -0.4 is 0 Å². The molecular formula is C24H25N. The summed E-state index contributed by atoms with van der Waals surface area (Å²) in [5.41, 5.74) is 7.62. The standard InChI is InChI=1S/C24H25N/c1-4-24-16-23(24,3)21-12-11-19(18-8-6-5-7-9-18)14-20(21)22-13-10-17(2)15-25(22)24/h5-15,22H,4,16H2,1-3H3. The highest BCUT2D eigenvalue weighted by Gasteiger charge is 2.70. The fourth-order valence-electron chi connectivity index (χ4n) is 5.40. The predicted octanol–water partition coefficient (Wildman–Crippen LogP) is 5.99. The van der Waals surface area contributed by atoms with Crippen molar-refractivity contribution in [3.8, 4) is 11.1 Å². The highest BCUT2D eigenvalue weighted by molar-refractivity contribution is 5.67. The lowest BCUT2D eigenvalue weighted by molar-refractivity contribution is 0.166. The zero-order valence-corrected chi connectivity index (χ0v) is 15.3. The monoisotopic (exact) mass is 327 g/mol. The van der Waals surface area contributed by atoms with Gasteiger partial charge in [-0.25, -0.2) is 0 Å². The van der Waals surface area contributed by atoms with E-state index >= 15 is 0 Å². The van der Waals surface area contributed by atoms with Crippen molar-refractivity contribution in [1.29, 1.82) is 0 Å². The van der Waals surface area contributed by atoms with Gasteiger partial charge >= 0.3 is 0 Å². The Hall–Kier alpha value is -2.28. The quantitative estimate of drug-likeness (QED) is 0.654. The van der Waals surface area contributed by atoms with E-state index in [0.717, 1.165) is 0 Å². The summed E-state index contributed by atoms with van der Waals surface area (Å²) < 4.78 is 0. The van der Waals surface area contributed by atoms with Crippen LogP contribution >= 0.6 is 0 Å². The Morgan fingerprint density at radius 2 is 1.88 bits per heavy atom. The number of benzene rings is 2. The Bertz CT molecular complexity index is 907. The van der Waals surface area contributed by atoms with Gasteiger partial charge in [-0.3, -0.25) is 0 Å². The number of nitrogens with zero attached hydrogens (tertiary/aromatic N) is 1. The van der Waals surface area contributed by atoms with Gasteiger partial charge < -0.3 is 4.90 Å². The van der Waals surface area contributed by atoms with Crippen LogP contribution in [0.15, 0.2) is 72.5 Å². The van der Waals surface area contributed by atoms with Crippen molar-refractivity contribution in [3.05, 3.63) is 83.6 Å². The van der Waals surface area contributed by atoms with Crippen molar-refractivity contribution in [2.45, 2.75) is 50.6 Å². The van der Waals surface area contributed by atoms with Crippen molar-refractivity contribution >= 4 is 0 Å². The van der Waals surface area contributed by atoms with Crippen LogP contribution in [0.3, 0.4) is 0 Å². The number of hydrogen-bond acceptors (Lipinski definition) is 1. The van der Waals surface area contributed by atoms with E-state index in [4.69, 9.17) is 0 Å². The molecule has 2 heterocycles. The molecule has 1 fully saturated rings. The van der Waals surface area contributed by atoms with Gasteiger partial charge in [0.2, 0.25) is 0 Å². The van der Waals surface area contributed by atoms with Gasteiger partial charge in [0, 0.05) is 11.6 Å². The molecule has 25 heavy (non-hydrogen) atoms. The van der Waals surface area contributed by atoms with Crippen molar-refractivity contribution in [3.63, 3.8) is 0 Å². The molecule has 2 aromatic carbocycles. The van der Waals surface area contributed by atoms with Gasteiger partial charge in [-0.2, -0.15) is 0 Å². The molecule has 0 aromatic heterocycles. The molecule has 0 bridgehead atoms. The lowest BCUT2D eigenvalue weighted by atomic mass is 9.77. The van der Waals surface area contributed by atoms with Gasteiger partial charge in [-0.1, -0.05) is 68.5 Å². The topological polar surface area (TPSA) is 3.24 Å². The molecule has 5 rings (SSSR count). The fourth-order valence-corrected chi connectivity index (χ4v) is 5.40. The van der Waals surface area contributed by atoms with Crippen LogP contribution in [0.4, 0.5) is 0 Å². The van der Waals surface area contributed by atoms with Gasteiger partial charge in [0.15, 0.2) is 0 Å². The fraction of sp³-hybridized carbons (Fsp3) is 0.333. The van der Waals surface area contributed by atoms with Crippen molar-refractivity contribution < 1.29 is 0 Å². The molecule has 3 aliphatic rings. The molecule has 0 radical (unpaired) electrons. The summed E-state index contributed by atoms with van der Waals surface area (Å²) in [5.74, 6) is 0. The molecule has 1 nitrogen and oxygen atoms in total. The Kier molecular flexibility index (Phi) is 2.93. The molecule has 0 spiro atoms. The van der Waals surface area contributed by atoms with Crippen LogP contribution in [0.2, 0.25) is 0 Å². The van der Waals surface area contributed by atoms with E-state index in [1.807, 2.05) is 0 Å². The van der Waals surface area contributed by atoms with E-state index in [0.29, 0.717) is 11.6 Å². The van der Waals surface area contributed by atoms with Crippen LogP contribution in [-0.2, 0) is 5.41 Å². The Balaban J connectivity index is 1.70. The summed E-state index contributed by atoms with van der Waals surface area (Å²) in [6.45, 7) is 7.04. The lowest BCUT2D eigenvalue weighted by Gasteiger charge is -2.46. The molecular weight excluding hydrogens is 302 g/mol. The highest BCUT2D eigenvalue weighted by Crippen LogP contribution is 2.69. The van der Waals surface area contributed by atoms with Gasteiger partial charge in [-0.15, -0.1) is 0 Å². The minimum absolute atomic E-state index is 0.283. The number of fused-ring (bicyclic) bond motifs is 6. The maximum absolute atomic E-state index is 2.67. The molecule has 0 saturated heterocycles. The summed E-state index contributed by atoms with van der Waals surface area (Å²) in [7, 11) is 0. The number of hydrogen-bond donors (Lipinski definition) is 0. The summed E-state index contributed by atoms with van der Waals surface area (Å²) in [5, 5.41) is 0. The maximum Gasteiger partial charge on any atom is 0.0733 e. The summed E-state index contributed by atoms with van der Waals surface area (Å²) >= 11 is 0. The molecule has 3 atom stereocenters. The van der Waals surface area contributed by atoms with E-state index in [2.05, 4.69) is 92.6 Å². The van der Waals surface area contributed by atoms with E-state index in [-0.39, 0.29) is 5.41 Å². The minimum Gasteiger partial charge on any atom is -0.360 e. The van der Waals surface area contributed by atoms with Crippen LogP contribution in [-0.4, -0.2) is 10.4 Å². The minimum atomic E-state index is 0.283. The van der Waals surface area contributed by atoms with E-state index < -0.39 is 0 Å². The molecule has 2 aliphatic heterocycles. The van der Waals surface area contributed by atoms with Crippen LogP contribution in [0.25, 0.3) is 11.1 Å². The van der Waals surface area contributed by atoms with Gasteiger partial charge in [0.25, 0.3) is 0 Å². The molecule has 0 amide bonds. The third-order valence-electron chi connectivity index (χ3n) is 6.88. The predicted molar refractivity (Wildman–Crippen MR) is 104 cm³/mol. The van der Waals surface area contributed by atoms with E-state index in [1.165, 1.54) is 35.1 Å². The van der Waals surface area contributed by atoms with E-state index in [1.54, 1.807) is 5.56 Å². The molecule has 126 valence electrons. The summed E-state index contributed by atoms with van der Waals surface area (Å²) in [4.78, 5) is 2.67. The smallest absolute Gasteiger partial charge is 0.0733 e. The van der Waals surface area contributed by atoms with E-state index in [9.17, 15) is 0 Å². The summed E-state index contributed by atoms with van der Waals surface area (Å²) in [6, 6.07) is 18.3. The zero-order chi connectivity index (χ0) is 17.2. The second kappa shape index (κ2) is 4.88. The van der Waals surface area contributed by atoms with Crippen LogP contribution in [0.5, 0.6) is 0 Å².